The molecule has 5 N–H and O–H groups in total. The average molecular weight is 558 g/mol. The average Bonchev–Trinajstić information content (AvgIpc) is 3.36. The van der Waals surface area contributed by atoms with E-state index in [-0.39, 0.29) is 30.0 Å². The Morgan fingerprint density at radius 3 is 2.42 bits per heavy atom. The van der Waals surface area contributed by atoms with Crippen LogP contribution in [0.25, 0.3) is 11.2 Å². The van der Waals surface area contributed by atoms with E-state index in [4.69, 9.17) is 10.5 Å². The van der Waals surface area contributed by atoms with Gasteiger partial charge >= 0.3 is 0 Å². The third-order valence-corrected chi connectivity index (χ3v) is 8.76. The van der Waals surface area contributed by atoms with Gasteiger partial charge in [0, 0.05) is 37.9 Å². The number of aliphatic hydroxyl groups is 2. The van der Waals surface area contributed by atoms with Gasteiger partial charge in [-0.1, -0.05) is 26.0 Å². The minimum Gasteiger partial charge on any atom is -0.383 e. The summed E-state index contributed by atoms with van der Waals surface area (Å²) in [5.74, 6) is -4.15. The van der Waals surface area contributed by atoms with E-state index >= 15 is 0 Å². The molecule has 1 saturated heterocycles. The number of anilines is 1. The standard InChI is InChI=1S/C26H29F2N7O5/c1-23(2)25(38)16(40-22(26(23,25)39)35-13-33-17-18(29)31-12-32-19(17)35)11-30-9-7-24(27,28)8-10-34-20(36)14-5-3-4-6-15(14)21(34)37/h3-6,12-13,16,22,30,38-39H,7-11H2,1-2H3,(H2,29,31,32)/t16-,22-,25-,26+/m1/s1. The number of aromatic nitrogens is 4. The van der Waals surface area contributed by atoms with Crippen molar-refractivity contribution in [1.82, 2.24) is 29.7 Å². The third kappa shape index (κ3) is 3.46. The highest BCUT2D eigenvalue weighted by atomic mass is 19.3. The summed E-state index contributed by atoms with van der Waals surface area (Å²) in [6.45, 7) is 2.85. The number of ether oxygens (including phenoxy) is 1. The molecule has 1 aliphatic carbocycles. The highest BCUT2D eigenvalue weighted by Crippen LogP contribution is 2.75. The smallest absolute Gasteiger partial charge is 0.261 e. The first-order valence-electron chi connectivity index (χ1n) is 12.9. The lowest BCUT2D eigenvalue weighted by atomic mass is 10.0. The van der Waals surface area contributed by atoms with Crippen molar-refractivity contribution in [1.29, 1.82) is 0 Å². The van der Waals surface area contributed by atoms with Gasteiger partial charge in [-0.3, -0.25) is 19.1 Å². The molecule has 2 aromatic heterocycles. The Morgan fingerprint density at radius 2 is 1.75 bits per heavy atom. The molecule has 2 aliphatic heterocycles. The number of nitrogens with two attached hydrogens (primary N) is 1. The second-order valence-corrected chi connectivity index (χ2v) is 11.1. The first-order valence-corrected chi connectivity index (χ1v) is 12.9. The topological polar surface area (TPSA) is 169 Å². The number of fused-ring (bicyclic) bond motifs is 3. The summed E-state index contributed by atoms with van der Waals surface area (Å²) in [5, 5.41) is 25.9. The highest BCUT2D eigenvalue weighted by molar-refractivity contribution is 6.21. The van der Waals surface area contributed by atoms with Crippen molar-refractivity contribution < 1.29 is 33.3 Å². The Labute approximate surface area is 227 Å². The quantitative estimate of drug-likeness (QED) is 0.221. The van der Waals surface area contributed by atoms with Gasteiger partial charge in [0.2, 0.25) is 0 Å². The molecule has 14 heteroatoms. The molecular weight excluding hydrogens is 528 g/mol. The van der Waals surface area contributed by atoms with E-state index in [1.807, 2.05) is 0 Å². The van der Waals surface area contributed by atoms with Gasteiger partial charge in [-0.15, -0.1) is 0 Å². The van der Waals surface area contributed by atoms with Gasteiger partial charge in [-0.2, -0.15) is 0 Å². The second-order valence-electron chi connectivity index (χ2n) is 11.1. The Hall–Kier alpha value is -3.59. The van der Waals surface area contributed by atoms with Gasteiger partial charge in [0.25, 0.3) is 17.7 Å². The number of nitrogens with zero attached hydrogens (tertiary/aromatic N) is 5. The largest absolute Gasteiger partial charge is 0.383 e. The number of rotatable bonds is 9. The summed E-state index contributed by atoms with van der Waals surface area (Å²) in [7, 11) is 0. The number of carbonyl (C=O) groups excluding carboxylic acids is 2. The zero-order valence-electron chi connectivity index (χ0n) is 21.8. The second kappa shape index (κ2) is 8.70. The Balaban J connectivity index is 1.07. The number of benzene rings is 1. The van der Waals surface area contributed by atoms with Crippen LogP contribution in [0.5, 0.6) is 0 Å². The lowest BCUT2D eigenvalue weighted by Crippen LogP contribution is -2.42. The number of nitrogens with one attached hydrogen (secondary N) is 1. The summed E-state index contributed by atoms with van der Waals surface area (Å²) >= 11 is 0. The molecule has 40 heavy (non-hydrogen) atoms. The van der Waals surface area contributed by atoms with E-state index in [0.29, 0.717) is 11.2 Å². The molecule has 4 heterocycles. The summed E-state index contributed by atoms with van der Waals surface area (Å²) in [5.41, 5.74) is 2.60. The normalized spacial score (nSPS) is 28.8. The number of amides is 2. The summed E-state index contributed by atoms with van der Waals surface area (Å²) in [6, 6.07) is 6.24. The summed E-state index contributed by atoms with van der Waals surface area (Å²) < 4.78 is 36.9. The number of carbonyl (C=O) groups is 2. The first-order chi connectivity index (χ1) is 18.8. The van der Waals surface area contributed by atoms with Crippen molar-refractivity contribution >= 4 is 28.8 Å². The summed E-state index contributed by atoms with van der Waals surface area (Å²) in [4.78, 5) is 38.0. The molecule has 3 aromatic rings. The summed E-state index contributed by atoms with van der Waals surface area (Å²) in [6.07, 6.45) is -0.580. The molecular formula is C26H29F2N7O5. The molecule has 2 amide bonds. The lowest BCUT2D eigenvalue weighted by molar-refractivity contribution is -0.110. The monoisotopic (exact) mass is 557 g/mol. The van der Waals surface area contributed by atoms with Crippen LogP contribution in [0.15, 0.2) is 36.9 Å². The van der Waals surface area contributed by atoms with E-state index in [1.165, 1.54) is 29.4 Å². The number of hydrogen-bond donors (Lipinski definition) is 4. The SMILES string of the molecule is CC1(C)[C@]2(O)[C@@H](CNCCC(F)(F)CCN3C(=O)c4ccccc4C3=O)O[C@@H](n3cnc4c(N)ncnc43)[C@]12O. The van der Waals surface area contributed by atoms with Gasteiger partial charge in [-0.05, 0) is 12.1 Å². The molecule has 212 valence electrons. The van der Waals surface area contributed by atoms with Crippen LogP contribution in [0.2, 0.25) is 0 Å². The van der Waals surface area contributed by atoms with Crippen molar-refractivity contribution in [2.45, 2.75) is 56.1 Å². The molecule has 0 radical (unpaired) electrons. The zero-order chi connectivity index (χ0) is 28.7. The minimum atomic E-state index is -3.16. The van der Waals surface area contributed by atoms with Gasteiger partial charge in [0.1, 0.15) is 29.2 Å². The maximum Gasteiger partial charge on any atom is 0.261 e. The fourth-order valence-corrected chi connectivity index (χ4v) is 6.25. The number of hydrogen-bond acceptors (Lipinski definition) is 10. The molecule has 1 aromatic carbocycles. The van der Waals surface area contributed by atoms with Gasteiger partial charge < -0.3 is 26.0 Å². The van der Waals surface area contributed by atoms with Gasteiger partial charge in [0.15, 0.2) is 17.7 Å². The van der Waals surface area contributed by atoms with E-state index in [1.54, 1.807) is 26.0 Å². The highest BCUT2D eigenvalue weighted by Gasteiger charge is 2.92. The number of halogens is 2. The van der Waals surface area contributed by atoms with Crippen molar-refractivity contribution in [3.63, 3.8) is 0 Å². The van der Waals surface area contributed by atoms with Gasteiger partial charge in [0.05, 0.1) is 17.5 Å². The van der Waals surface area contributed by atoms with E-state index in [0.717, 1.165) is 4.90 Å². The van der Waals surface area contributed by atoms with Crippen LogP contribution in [0.4, 0.5) is 14.6 Å². The lowest BCUT2D eigenvalue weighted by Gasteiger charge is -2.28. The molecule has 4 atom stereocenters. The molecule has 3 aliphatic rings. The number of imidazole rings is 1. The predicted molar refractivity (Wildman–Crippen MR) is 136 cm³/mol. The third-order valence-electron chi connectivity index (χ3n) is 8.76. The number of alkyl halides is 2. The van der Waals surface area contributed by atoms with Crippen molar-refractivity contribution in [2.24, 2.45) is 5.41 Å². The predicted octanol–water partition coefficient (Wildman–Crippen LogP) is 1.11. The maximum atomic E-state index is 14.7. The van der Waals surface area contributed by atoms with Gasteiger partial charge in [-0.25, -0.2) is 23.7 Å². The van der Waals surface area contributed by atoms with Crippen LogP contribution in [0, 0.1) is 5.41 Å². The zero-order valence-corrected chi connectivity index (χ0v) is 21.8. The van der Waals surface area contributed by atoms with Crippen molar-refractivity contribution in [2.75, 3.05) is 25.4 Å². The van der Waals surface area contributed by atoms with Crippen LogP contribution in [-0.2, 0) is 4.74 Å². The fourth-order valence-electron chi connectivity index (χ4n) is 6.25. The first kappa shape index (κ1) is 26.6. The van der Waals surface area contributed by atoms with E-state index < -0.39 is 66.1 Å². The number of nitrogen functional groups attached to an aromatic ring is 1. The van der Waals surface area contributed by atoms with Crippen LogP contribution in [0.3, 0.4) is 0 Å². The fraction of sp³-hybridized carbons (Fsp3) is 0.500. The van der Waals surface area contributed by atoms with Crippen molar-refractivity contribution in [3.8, 4) is 0 Å². The van der Waals surface area contributed by atoms with Crippen LogP contribution in [-0.4, -0.2) is 89.3 Å². The Bertz CT molecular complexity index is 1500. The van der Waals surface area contributed by atoms with Crippen LogP contribution >= 0.6 is 0 Å². The molecule has 2 fully saturated rings. The van der Waals surface area contributed by atoms with E-state index in [9.17, 15) is 28.6 Å². The molecule has 12 nitrogen and oxygen atoms in total. The Morgan fingerprint density at radius 1 is 1.07 bits per heavy atom. The van der Waals surface area contributed by atoms with Crippen LogP contribution in [0.1, 0.15) is 53.6 Å². The number of imide groups is 1. The molecule has 0 bridgehead atoms. The molecule has 1 saturated carbocycles. The molecule has 0 spiro atoms. The molecule has 6 rings (SSSR count). The Kier molecular flexibility index (Phi) is 5.79. The minimum absolute atomic E-state index is 0.0169. The maximum absolute atomic E-state index is 14.7. The van der Waals surface area contributed by atoms with Crippen molar-refractivity contribution in [3.05, 3.63) is 48.0 Å². The van der Waals surface area contributed by atoms with E-state index in [2.05, 4.69) is 20.3 Å². The molecule has 0 unspecified atom stereocenters. The van der Waals surface area contributed by atoms with Crippen LogP contribution < -0.4 is 11.1 Å².